The highest BCUT2D eigenvalue weighted by Crippen LogP contribution is 2.21. The molecular weight excluding hydrogens is 186 g/mol. The molecule has 1 aliphatic rings. The van der Waals surface area contributed by atoms with Gasteiger partial charge in [-0.2, -0.15) is 0 Å². The molecule has 15 heavy (non-hydrogen) atoms. The summed E-state index contributed by atoms with van der Waals surface area (Å²) in [5, 5.41) is 3.48. The molecule has 1 saturated heterocycles. The second-order valence-electron chi connectivity index (χ2n) is 4.50. The van der Waals surface area contributed by atoms with Gasteiger partial charge in [0.25, 0.3) is 0 Å². The van der Waals surface area contributed by atoms with Gasteiger partial charge in [-0.15, -0.1) is 0 Å². The molecule has 0 amide bonds. The SMILES string of the molecule is CC(C)c1ccnc(C2CCCCN2)n1. The summed E-state index contributed by atoms with van der Waals surface area (Å²) in [4.78, 5) is 8.99. The van der Waals surface area contributed by atoms with Crippen LogP contribution in [0.25, 0.3) is 0 Å². The lowest BCUT2D eigenvalue weighted by Gasteiger charge is -2.22. The van der Waals surface area contributed by atoms with Gasteiger partial charge < -0.3 is 5.32 Å². The molecule has 0 spiro atoms. The first kappa shape index (κ1) is 10.6. The van der Waals surface area contributed by atoms with Crippen LogP contribution in [0.2, 0.25) is 0 Å². The van der Waals surface area contributed by atoms with Crippen LogP contribution < -0.4 is 5.32 Å². The average molecular weight is 205 g/mol. The summed E-state index contributed by atoms with van der Waals surface area (Å²) in [5.74, 6) is 1.45. The van der Waals surface area contributed by atoms with E-state index in [0.717, 1.165) is 18.1 Å². The number of aromatic nitrogens is 2. The maximum Gasteiger partial charge on any atom is 0.145 e. The van der Waals surface area contributed by atoms with Crippen LogP contribution >= 0.6 is 0 Å². The van der Waals surface area contributed by atoms with Crippen molar-refractivity contribution in [3.8, 4) is 0 Å². The Hall–Kier alpha value is -0.960. The van der Waals surface area contributed by atoms with Gasteiger partial charge in [-0.3, -0.25) is 0 Å². The predicted molar refractivity (Wildman–Crippen MR) is 60.7 cm³/mol. The van der Waals surface area contributed by atoms with Crippen molar-refractivity contribution in [1.82, 2.24) is 15.3 Å². The lowest BCUT2D eigenvalue weighted by Crippen LogP contribution is -2.28. The van der Waals surface area contributed by atoms with E-state index in [1.54, 1.807) is 0 Å². The van der Waals surface area contributed by atoms with Crippen LogP contribution in [0, 0.1) is 0 Å². The second-order valence-corrected chi connectivity index (χ2v) is 4.50. The highest BCUT2D eigenvalue weighted by Gasteiger charge is 2.17. The normalized spacial score (nSPS) is 21.9. The Balaban J connectivity index is 2.16. The molecule has 1 fully saturated rings. The van der Waals surface area contributed by atoms with Gasteiger partial charge in [0.1, 0.15) is 5.82 Å². The predicted octanol–water partition coefficient (Wildman–Crippen LogP) is 2.41. The minimum Gasteiger partial charge on any atom is -0.307 e. The topological polar surface area (TPSA) is 37.8 Å². The largest absolute Gasteiger partial charge is 0.307 e. The summed E-state index contributed by atoms with van der Waals surface area (Å²) in [7, 11) is 0. The van der Waals surface area contributed by atoms with Crippen LogP contribution in [-0.2, 0) is 0 Å². The molecule has 1 unspecified atom stereocenters. The van der Waals surface area contributed by atoms with Gasteiger partial charge >= 0.3 is 0 Å². The molecule has 0 aliphatic carbocycles. The molecule has 3 heteroatoms. The Morgan fingerprint density at radius 2 is 2.27 bits per heavy atom. The smallest absolute Gasteiger partial charge is 0.145 e. The van der Waals surface area contributed by atoms with Crippen molar-refractivity contribution in [1.29, 1.82) is 0 Å². The number of nitrogens with one attached hydrogen (secondary N) is 1. The van der Waals surface area contributed by atoms with Crippen LogP contribution in [-0.4, -0.2) is 16.5 Å². The lowest BCUT2D eigenvalue weighted by molar-refractivity contribution is 0.396. The molecule has 82 valence electrons. The molecular formula is C12H19N3. The van der Waals surface area contributed by atoms with E-state index in [1.807, 2.05) is 12.3 Å². The van der Waals surface area contributed by atoms with Gasteiger partial charge in [0.2, 0.25) is 0 Å². The second kappa shape index (κ2) is 4.71. The molecule has 0 saturated carbocycles. The Bertz CT molecular complexity index is 316. The van der Waals surface area contributed by atoms with Gasteiger partial charge in [-0.1, -0.05) is 20.3 Å². The van der Waals surface area contributed by atoms with E-state index in [9.17, 15) is 0 Å². The zero-order valence-corrected chi connectivity index (χ0v) is 9.53. The fourth-order valence-electron chi connectivity index (χ4n) is 1.95. The number of piperidine rings is 1. The molecule has 2 heterocycles. The number of nitrogens with zero attached hydrogens (tertiary/aromatic N) is 2. The van der Waals surface area contributed by atoms with E-state index in [2.05, 4.69) is 29.1 Å². The van der Waals surface area contributed by atoms with Crippen molar-refractivity contribution in [2.75, 3.05) is 6.54 Å². The maximum atomic E-state index is 4.62. The molecule has 2 rings (SSSR count). The van der Waals surface area contributed by atoms with Crippen molar-refractivity contribution in [2.45, 2.75) is 45.1 Å². The van der Waals surface area contributed by atoms with E-state index >= 15 is 0 Å². The highest BCUT2D eigenvalue weighted by atomic mass is 15.0. The van der Waals surface area contributed by atoms with E-state index in [4.69, 9.17) is 0 Å². The number of hydrogen-bond acceptors (Lipinski definition) is 3. The van der Waals surface area contributed by atoms with Crippen molar-refractivity contribution >= 4 is 0 Å². The molecule has 1 aliphatic heterocycles. The minimum atomic E-state index is 0.373. The summed E-state index contributed by atoms with van der Waals surface area (Å²) < 4.78 is 0. The molecule has 0 aromatic carbocycles. The number of hydrogen-bond donors (Lipinski definition) is 1. The van der Waals surface area contributed by atoms with Crippen LogP contribution in [0.5, 0.6) is 0 Å². The van der Waals surface area contributed by atoms with Crippen molar-refractivity contribution in [3.05, 3.63) is 23.8 Å². The van der Waals surface area contributed by atoms with E-state index < -0.39 is 0 Å². The van der Waals surface area contributed by atoms with Crippen molar-refractivity contribution in [2.24, 2.45) is 0 Å². The summed E-state index contributed by atoms with van der Waals surface area (Å²) in [6.07, 6.45) is 5.61. The zero-order valence-electron chi connectivity index (χ0n) is 9.53. The standard InChI is InChI=1S/C12H19N3/c1-9(2)10-6-8-14-12(15-10)11-5-3-4-7-13-11/h6,8-9,11,13H,3-5,7H2,1-2H3. The third-order valence-electron chi connectivity index (χ3n) is 2.91. The quantitative estimate of drug-likeness (QED) is 0.805. The van der Waals surface area contributed by atoms with Gasteiger partial charge in [0, 0.05) is 11.9 Å². The fraction of sp³-hybridized carbons (Fsp3) is 0.667. The third-order valence-corrected chi connectivity index (χ3v) is 2.91. The zero-order chi connectivity index (χ0) is 10.7. The Labute approximate surface area is 91.3 Å². The van der Waals surface area contributed by atoms with Gasteiger partial charge in [-0.05, 0) is 31.4 Å². The van der Waals surface area contributed by atoms with Gasteiger partial charge in [0.15, 0.2) is 0 Å². The monoisotopic (exact) mass is 205 g/mol. The van der Waals surface area contributed by atoms with Crippen molar-refractivity contribution in [3.63, 3.8) is 0 Å². The minimum absolute atomic E-state index is 0.373. The van der Waals surface area contributed by atoms with Crippen LogP contribution in [0.4, 0.5) is 0 Å². The summed E-state index contributed by atoms with van der Waals surface area (Å²) in [6, 6.07) is 2.38. The highest BCUT2D eigenvalue weighted by molar-refractivity contribution is 5.09. The molecule has 3 nitrogen and oxygen atoms in total. The molecule has 1 aromatic rings. The first-order valence-corrected chi connectivity index (χ1v) is 5.83. The van der Waals surface area contributed by atoms with E-state index in [-0.39, 0.29) is 0 Å². The average Bonchev–Trinajstić information content (AvgIpc) is 2.30. The van der Waals surface area contributed by atoms with Gasteiger partial charge in [0.05, 0.1) is 6.04 Å². The molecule has 0 bridgehead atoms. The van der Waals surface area contributed by atoms with Crippen LogP contribution in [0.3, 0.4) is 0 Å². The first-order valence-electron chi connectivity index (χ1n) is 5.83. The van der Waals surface area contributed by atoms with E-state index in [0.29, 0.717) is 12.0 Å². The fourth-order valence-corrected chi connectivity index (χ4v) is 1.95. The number of rotatable bonds is 2. The molecule has 1 aromatic heterocycles. The molecule has 0 radical (unpaired) electrons. The first-order chi connectivity index (χ1) is 7.27. The third kappa shape index (κ3) is 2.53. The summed E-state index contributed by atoms with van der Waals surface area (Å²) >= 11 is 0. The van der Waals surface area contributed by atoms with Gasteiger partial charge in [-0.25, -0.2) is 9.97 Å². The Morgan fingerprint density at radius 3 is 2.93 bits per heavy atom. The Kier molecular flexibility index (Phi) is 3.31. The lowest BCUT2D eigenvalue weighted by atomic mass is 10.0. The van der Waals surface area contributed by atoms with Crippen LogP contribution in [0.1, 0.15) is 56.6 Å². The summed E-state index contributed by atoms with van der Waals surface area (Å²) in [5.41, 5.74) is 1.15. The molecule has 1 atom stereocenters. The molecule has 1 N–H and O–H groups in total. The van der Waals surface area contributed by atoms with E-state index in [1.165, 1.54) is 19.3 Å². The van der Waals surface area contributed by atoms with Crippen molar-refractivity contribution < 1.29 is 0 Å². The van der Waals surface area contributed by atoms with Crippen LogP contribution in [0.15, 0.2) is 12.3 Å². The Morgan fingerprint density at radius 1 is 1.40 bits per heavy atom. The maximum absolute atomic E-state index is 4.62. The summed E-state index contributed by atoms with van der Waals surface area (Å²) in [6.45, 7) is 5.43.